The van der Waals surface area contributed by atoms with E-state index in [1.54, 1.807) is 17.3 Å². The fourth-order valence-electron chi connectivity index (χ4n) is 2.46. The summed E-state index contributed by atoms with van der Waals surface area (Å²) in [6, 6.07) is 0. The number of carbonyl (C=O) groups is 2. The minimum Gasteiger partial charge on any atom is -0.341 e. The van der Waals surface area contributed by atoms with Crippen LogP contribution in [0.5, 0.6) is 0 Å². The van der Waals surface area contributed by atoms with E-state index in [0.717, 1.165) is 31.8 Å². The summed E-state index contributed by atoms with van der Waals surface area (Å²) in [5.74, 6) is 0.852. The summed E-state index contributed by atoms with van der Waals surface area (Å²) in [6.45, 7) is 6.56. The van der Waals surface area contributed by atoms with Crippen molar-refractivity contribution in [3.8, 4) is 0 Å². The summed E-state index contributed by atoms with van der Waals surface area (Å²) in [5, 5.41) is 0. The normalized spacial score (nSPS) is 16.4. The van der Waals surface area contributed by atoms with Crippen LogP contribution in [-0.4, -0.2) is 57.3 Å². The first kappa shape index (κ1) is 14.6. The molecule has 0 bridgehead atoms. The Labute approximate surface area is 119 Å². The Morgan fingerprint density at radius 1 is 1.40 bits per heavy atom. The maximum atomic E-state index is 12.3. The highest BCUT2D eigenvalue weighted by molar-refractivity contribution is 5.85. The Morgan fingerprint density at radius 3 is 2.85 bits per heavy atom. The van der Waals surface area contributed by atoms with Crippen molar-refractivity contribution in [2.75, 3.05) is 26.2 Å². The first-order valence-electron chi connectivity index (χ1n) is 7.15. The topological polar surface area (TPSA) is 58.4 Å². The smallest absolute Gasteiger partial charge is 0.243 e. The summed E-state index contributed by atoms with van der Waals surface area (Å²) >= 11 is 0. The van der Waals surface area contributed by atoms with Gasteiger partial charge in [0.1, 0.15) is 12.4 Å². The molecule has 0 radical (unpaired) electrons. The lowest BCUT2D eigenvalue weighted by Gasteiger charge is -2.21. The fraction of sp³-hybridized carbons (Fsp3) is 0.643. The van der Waals surface area contributed by atoms with Gasteiger partial charge in [-0.25, -0.2) is 4.98 Å². The van der Waals surface area contributed by atoms with Crippen molar-refractivity contribution in [3.05, 3.63) is 18.2 Å². The maximum Gasteiger partial charge on any atom is 0.243 e. The lowest BCUT2D eigenvalue weighted by atomic mass is 10.3. The molecule has 2 heterocycles. The van der Waals surface area contributed by atoms with Gasteiger partial charge in [-0.3, -0.25) is 9.59 Å². The predicted octanol–water partition coefficient (Wildman–Crippen LogP) is 0.662. The van der Waals surface area contributed by atoms with Crippen LogP contribution in [0.25, 0.3) is 0 Å². The van der Waals surface area contributed by atoms with E-state index in [0.29, 0.717) is 6.54 Å². The summed E-state index contributed by atoms with van der Waals surface area (Å²) < 4.78 is 1.81. The molecule has 0 N–H and O–H groups in total. The highest BCUT2D eigenvalue weighted by Crippen LogP contribution is 2.07. The molecule has 0 aromatic carbocycles. The molecule has 0 aliphatic carbocycles. The van der Waals surface area contributed by atoms with Gasteiger partial charge in [-0.15, -0.1) is 0 Å². The molecule has 1 saturated heterocycles. The van der Waals surface area contributed by atoms with Crippen LogP contribution >= 0.6 is 0 Å². The number of nitrogens with zero attached hydrogens (tertiary/aromatic N) is 4. The molecule has 1 fully saturated rings. The van der Waals surface area contributed by atoms with Crippen LogP contribution in [0.3, 0.4) is 0 Å². The number of aromatic nitrogens is 2. The van der Waals surface area contributed by atoms with Gasteiger partial charge in [0.15, 0.2) is 0 Å². The van der Waals surface area contributed by atoms with E-state index in [1.165, 1.54) is 0 Å². The van der Waals surface area contributed by atoms with Gasteiger partial charge in [-0.05, 0) is 19.8 Å². The zero-order valence-electron chi connectivity index (χ0n) is 12.2. The molecule has 20 heavy (non-hydrogen) atoms. The van der Waals surface area contributed by atoms with Gasteiger partial charge in [-0.1, -0.05) is 6.92 Å². The van der Waals surface area contributed by atoms with Crippen molar-refractivity contribution in [2.45, 2.75) is 33.2 Å². The summed E-state index contributed by atoms with van der Waals surface area (Å²) in [7, 11) is 0. The molecule has 1 aliphatic heterocycles. The third-order valence-corrected chi connectivity index (χ3v) is 3.61. The van der Waals surface area contributed by atoms with Gasteiger partial charge in [0.25, 0.3) is 0 Å². The van der Waals surface area contributed by atoms with Gasteiger partial charge in [0, 0.05) is 32.0 Å². The number of amides is 2. The largest absolute Gasteiger partial charge is 0.341 e. The zero-order valence-corrected chi connectivity index (χ0v) is 12.2. The standard InChI is InChI=1S/C14H22N4O2/c1-3-6-16-7-4-8-18(11-13(16)19)14(20)10-17-9-5-15-12(17)2/h5,9H,3-4,6-8,10-11H2,1-2H3. The van der Waals surface area contributed by atoms with Gasteiger partial charge in [0.2, 0.25) is 11.8 Å². The van der Waals surface area contributed by atoms with Crippen molar-refractivity contribution in [1.82, 2.24) is 19.4 Å². The molecule has 6 nitrogen and oxygen atoms in total. The van der Waals surface area contributed by atoms with Crippen molar-refractivity contribution in [3.63, 3.8) is 0 Å². The number of rotatable bonds is 4. The number of hydrogen-bond donors (Lipinski definition) is 0. The van der Waals surface area contributed by atoms with Crippen LogP contribution in [-0.2, 0) is 16.1 Å². The molecule has 2 amide bonds. The summed E-state index contributed by atoms with van der Waals surface area (Å²) in [6.07, 6.45) is 5.27. The van der Waals surface area contributed by atoms with E-state index < -0.39 is 0 Å². The van der Waals surface area contributed by atoms with E-state index in [9.17, 15) is 9.59 Å². The van der Waals surface area contributed by atoms with Gasteiger partial charge < -0.3 is 14.4 Å². The molecular formula is C14H22N4O2. The number of hydrogen-bond acceptors (Lipinski definition) is 3. The minimum atomic E-state index is -0.0159. The van der Waals surface area contributed by atoms with Crippen LogP contribution in [0.2, 0.25) is 0 Å². The molecule has 1 aromatic heterocycles. The second-order valence-electron chi connectivity index (χ2n) is 5.15. The summed E-state index contributed by atoms with van der Waals surface area (Å²) in [5.41, 5.74) is 0. The fourth-order valence-corrected chi connectivity index (χ4v) is 2.46. The Kier molecular flexibility index (Phi) is 4.76. The first-order chi connectivity index (χ1) is 9.61. The first-order valence-corrected chi connectivity index (χ1v) is 7.15. The van der Waals surface area contributed by atoms with E-state index in [1.807, 2.05) is 16.4 Å². The lowest BCUT2D eigenvalue weighted by molar-refractivity contribution is -0.139. The molecule has 6 heteroatoms. The predicted molar refractivity (Wildman–Crippen MR) is 75.0 cm³/mol. The third kappa shape index (κ3) is 3.37. The Balaban J connectivity index is 1.97. The van der Waals surface area contributed by atoms with Crippen LogP contribution in [0, 0.1) is 6.92 Å². The molecule has 0 unspecified atom stereocenters. The number of carbonyl (C=O) groups excluding carboxylic acids is 2. The lowest BCUT2D eigenvalue weighted by Crippen LogP contribution is -2.40. The quantitative estimate of drug-likeness (QED) is 0.813. The highest BCUT2D eigenvalue weighted by Gasteiger charge is 2.24. The second kappa shape index (κ2) is 6.54. The van der Waals surface area contributed by atoms with Crippen molar-refractivity contribution in [2.24, 2.45) is 0 Å². The van der Waals surface area contributed by atoms with Crippen molar-refractivity contribution in [1.29, 1.82) is 0 Å². The maximum absolute atomic E-state index is 12.3. The minimum absolute atomic E-state index is 0.0159. The Hall–Kier alpha value is -1.85. The van der Waals surface area contributed by atoms with Gasteiger partial charge >= 0.3 is 0 Å². The second-order valence-corrected chi connectivity index (χ2v) is 5.15. The average Bonchev–Trinajstić information content (AvgIpc) is 2.71. The molecule has 1 aliphatic rings. The van der Waals surface area contributed by atoms with Gasteiger partial charge in [-0.2, -0.15) is 0 Å². The Bertz CT molecular complexity index is 483. The van der Waals surface area contributed by atoms with E-state index in [4.69, 9.17) is 0 Å². The van der Waals surface area contributed by atoms with Crippen molar-refractivity contribution >= 4 is 11.8 Å². The van der Waals surface area contributed by atoms with E-state index >= 15 is 0 Å². The Morgan fingerprint density at radius 2 is 2.20 bits per heavy atom. The molecular weight excluding hydrogens is 256 g/mol. The molecule has 0 saturated carbocycles. The zero-order chi connectivity index (χ0) is 14.5. The average molecular weight is 278 g/mol. The molecule has 110 valence electrons. The molecule has 1 aromatic rings. The van der Waals surface area contributed by atoms with Crippen molar-refractivity contribution < 1.29 is 9.59 Å². The number of imidazole rings is 1. The molecule has 0 spiro atoms. The third-order valence-electron chi connectivity index (χ3n) is 3.61. The van der Waals surface area contributed by atoms with Crippen LogP contribution in [0.15, 0.2) is 12.4 Å². The highest BCUT2D eigenvalue weighted by atomic mass is 16.2. The van der Waals surface area contributed by atoms with Crippen LogP contribution in [0.1, 0.15) is 25.6 Å². The SMILES string of the molecule is CCCN1CCCN(C(=O)Cn2ccnc2C)CC1=O. The molecule has 0 atom stereocenters. The van der Waals surface area contributed by atoms with Crippen LogP contribution < -0.4 is 0 Å². The number of aryl methyl sites for hydroxylation is 1. The van der Waals surface area contributed by atoms with E-state index in [-0.39, 0.29) is 24.9 Å². The summed E-state index contributed by atoms with van der Waals surface area (Å²) in [4.78, 5) is 32.0. The molecule has 2 rings (SSSR count). The van der Waals surface area contributed by atoms with E-state index in [2.05, 4.69) is 11.9 Å². The van der Waals surface area contributed by atoms with Gasteiger partial charge in [0.05, 0.1) is 6.54 Å². The monoisotopic (exact) mass is 278 g/mol. The van der Waals surface area contributed by atoms with Crippen LogP contribution in [0.4, 0.5) is 0 Å².